The number of para-hydroxylation sites is 1. The molecule has 0 fully saturated rings. The Kier molecular flexibility index (Phi) is 4.75. The number of aryl methyl sites for hydroxylation is 2. The summed E-state index contributed by atoms with van der Waals surface area (Å²) in [5.41, 5.74) is 3.79. The molecule has 0 radical (unpaired) electrons. The van der Waals surface area contributed by atoms with E-state index in [9.17, 15) is 4.79 Å². The third-order valence-corrected chi connectivity index (χ3v) is 4.07. The fourth-order valence-electron chi connectivity index (χ4n) is 2.71. The highest BCUT2D eigenvalue weighted by atomic mass is 16.5. The molecule has 0 unspecified atom stereocenters. The van der Waals surface area contributed by atoms with E-state index in [-0.39, 0.29) is 5.91 Å². The van der Waals surface area contributed by atoms with Gasteiger partial charge in [0.2, 0.25) is 0 Å². The van der Waals surface area contributed by atoms with Gasteiger partial charge in [0.1, 0.15) is 17.3 Å². The standard InChI is InChI=1S/C20H20N2O2/c1-14-7-3-4-8-15(14)11-12-19-21-17(20(23)22-19)13-16-9-5-6-10-18(16)24-2/h3-10,13H,11-12H2,1-2H3,(H,21,22,23)/b17-13-. The average molecular weight is 320 g/mol. The van der Waals surface area contributed by atoms with Gasteiger partial charge in [-0.1, -0.05) is 42.5 Å². The van der Waals surface area contributed by atoms with E-state index in [4.69, 9.17) is 4.74 Å². The second-order valence-electron chi connectivity index (χ2n) is 5.71. The predicted molar refractivity (Wildman–Crippen MR) is 96.0 cm³/mol. The first kappa shape index (κ1) is 16.0. The highest BCUT2D eigenvalue weighted by molar-refractivity contribution is 6.14. The van der Waals surface area contributed by atoms with Crippen molar-refractivity contribution >= 4 is 17.8 Å². The van der Waals surface area contributed by atoms with Gasteiger partial charge in [0, 0.05) is 12.0 Å². The number of amides is 1. The van der Waals surface area contributed by atoms with Crippen LogP contribution in [0.2, 0.25) is 0 Å². The molecule has 0 aliphatic carbocycles. The van der Waals surface area contributed by atoms with Crippen molar-refractivity contribution in [2.45, 2.75) is 19.8 Å². The molecule has 0 aromatic heterocycles. The first-order chi connectivity index (χ1) is 11.7. The molecule has 2 aromatic rings. The van der Waals surface area contributed by atoms with E-state index in [1.54, 1.807) is 13.2 Å². The number of nitrogens with zero attached hydrogens (tertiary/aromatic N) is 1. The maximum Gasteiger partial charge on any atom is 0.275 e. The Labute approximate surface area is 141 Å². The second kappa shape index (κ2) is 7.13. The number of nitrogens with one attached hydrogen (secondary N) is 1. The topological polar surface area (TPSA) is 50.7 Å². The lowest BCUT2D eigenvalue weighted by atomic mass is 10.0. The van der Waals surface area contributed by atoms with Gasteiger partial charge in [0.15, 0.2) is 0 Å². The van der Waals surface area contributed by atoms with Crippen LogP contribution in [-0.4, -0.2) is 18.9 Å². The number of hydrogen-bond donors (Lipinski definition) is 1. The number of aliphatic imine (C=N–C) groups is 1. The van der Waals surface area contributed by atoms with Crippen LogP contribution in [0.1, 0.15) is 23.1 Å². The highest BCUT2D eigenvalue weighted by Crippen LogP contribution is 2.22. The number of methoxy groups -OCH3 is 1. The maximum atomic E-state index is 12.1. The van der Waals surface area contributed by atoms with Crippen molar-refractivity contribution in [2.24, 2.45) is 4.99 Å². The summed E-state index contributed by atoms with van der Waals surface area (Å²) in [6, 6.07) is 15.8. The van der Waals surface area contributed by atoms with Crippen molar-refractivity contribution in [2.75, 3.05) is 7.11 Å². The van der Waals surface area contributed by atoms with Crippen molar-refractivity contribution in [3.8, 4) is 5.75 Å². The molecule has 2 aromatic carbocycles. The Morgan fingerprint density at radius 3 is 2.62 bits per heavy atom. The van der Waals surface area contributed by atoms with E-state index in [2.05, 4.69) is 29.4 Å². The summed E-state index contributed by atoms with van der Waals surface area (Å²) in [6.45, 7) is 2.09. The number of carbonyl (C=O) groups is 1. The zero-order valence-electron chi connectivity index (χ0n) is 13.9. The van der Waals surface area contributed by atoms with E-state index in [1.165, 1.54) is 11.1 Å². The summed E-state index contributed by atoms with van der Waals surface area (Å²) in [6.07, 6.45) is 3.32. The molecule has 3 rings (SSSR count). The molecule has 122 valence electrons. The molecule has 4 nitrogen and oxygen atoms in total. The van der Waals surface area contributed by atoms with Gasteiger partial charge in [0.05, 0.1) is 7.11 Å². The SMILES string of the molecule is COc1ccccc1/C=C1\N=C(CCc2ccccc2C)NC1=O. The zero-order valence-corrected chi connectivity index (χ0v) is 13.9. The molecule has 1 aliphatic rings. The quantitative estimate of drug-likeness (QED) is 0.857. The van der Waals surface area contributed by atoms with Crippen molar-refractivity contribution in [1.29, 1.82) is 0 Å². The number of benzene rings is 2. The van der Waals surface area contributed by atoms with Crippen LogP contribution in [-0.2, 0) is 11.2 Å². The van der Waals surface area contributed by atoms with Crippen molar-refractivity contribution in [3.05, 3.63) is 70.9 Å². The van der Waals surface area contributed by atoms with Gasteiger partial charge in [-0.3, -0.25) is 4.79 Å². The zero-order chi connectivity index (χ0) is 16.9. The predicted octanol–water partition coefficient (Wildman–Crippen LogP) is 3.51. The van der Waals surface area contributed by atoms with Crippen LogP contribution in [0.15, 0.2) is 59.2 Å². The smallest absolute Gasteiger partial charge is 0.275 e. The van der Waals surface area contributed by atoms with Crippen LogP contribution in [0, 0.1) is 6.92 Å². The van der Waals surface area contributed by atoms with Crippen LogP contribution in [0.4, 0.5) is 0 Å². The first-order valence-corrected chi connectivity index (χ1v) is 7.95. The lowest BCUT2D eigenvalue weighted by Gasteiger charge is -2.04. The van der Waals surface area contributed by atoms with Gasteiger partial charge in [-0.15, -0.1) is 0 Å². The van der Waals surface area contributed by atoms with E-state index >= 15 is 0 Å². The van der Waals surface area contributed by atoms with Crippen molar-refractivity contribution in [3.63, 3.8) is 0 Å². The van der Waals surface area contributed by atoms with Gasteiger partial charge < -0.3 is 10.1 Å². The minimum absolute atomic E-state index is 0.166. The summed E-state index contributed by atoms with van der Waals surface area (Å²) < 4.78 is 5.31. The number of carbonyl (C=O) groups excluding carboxylic acids is 1. The summed E-state index contributed by atoms with van der Waals surface area (Å²) in [7, 11) is 1.61. The van der Waals surface area contributed by atoms with E-state index in [0.717, 1.165) is 17.7 Å². The van der Waals surface area contributed by atoms with Crippen LogP contribution >= 0.6 is 0 Å². The largest absolute Gasteiger partial charge is 0.496 e. The Morgan fingerprint density at radius 2 is 1.83 bits per heavy atom. The Morgan fingerprint density at radius 1 is 1.08 bits per heavy atom. The first-order valence-electron chi connectivity index (χ1n) is 7.95. The van der Waals surface area contributed by atoms with Crippen LogP contribution in [0.25, 0.3) is 6.08 Å². The van der Waals surface area contributed by atoms with E-state index < -0.39 is 0 Å². The van der Waals surface area contributed by atoms with E-state index in [0.29, 0.717) is 18.0 Å². The van der Waals surface area contributed by atoms with E-state index in [1.807, 2.05) is 36.4 Å². The molecule has 0 saturated heterocycles. The Bertz CT molecular complexity index is 822. The molecule has 1 N–H and O–H groups in total. The molecule has 0 spiro atoms. The van der Waals surface area contributed by atoms with Gasteiger partial charge in [-0.25, -0.2) is 4.99 Å². The molecule has 0 atom stereocenters. The van der Waals surface area contributed by atoms with Crippen molar-refractivity contribution < 1.29 is 9.53 Å². The highest BCUT2D eigenvalue weighted by Gasteiger charge is 2.20. The van der Waals surface area contributed by atoms with Crippen LogP contribution in [0.3, 0.4) is 0 Å². The minimum Gasteiger partial charge on any atom is -0.496 e. The molecule has 0 saturated carbocycles. The number of amidine groups is 1. The number of ether oxygens (including phenoxy) is 1. The summed E-state index contributed by atoms with van der Waals surface area (Å²) in [4.78, 5) is 16.6. The fourth-order valence-corrected chi connectivity index (χ4v) is 2.71. The van der Waals surface area contributed by atoms with Crippen LogP contribution < -0.4 is 10.1 Å². The number of hydrogen-bond acceptors (Lipinski definition) is 3. The molecule has 1 aliphatic heterocycles. The average Bonchev–Trinajstić information content (AvgIpc) is 2.94. The van der Waals surface area contributed by atoms with Gasteiger partial charge in [-0.2, -0.15) is 0 Å². The summed E-state index contributed by atoms with van der Waals surface area (Å²) >= 11 is 0. The number of rotatable bonds is 5. The molecular weight excluding hydrogens is 300 g/mol. The molecular formula is C20H20N2O2. The maximum absolute atomic E-state index is 12.1. The van der Waals surface area contributed by atoms with Gasteiger partial charge in [-0.05, 0) is 36.6 Å². The molecule has 0 bridgehead atoms. The van der Waals surface area contributed by atoms with Gasteiger partial charge >= 0.3 is 0 Å². The summed E-state index contributed by atoms with van der Waals surface area (Å²) in [5, 5.41) is 2.85. The molecule has 24 heavy (non-hydrogen) atoms. The monoisotopic (exact) mass is 320 g/mol. The lowest BCUT2D eigenvalue weighted by molar-refractivity contribution is -0.115. The minimum atomic E-state index is -0.166. The van der Waals surface area contributed by atoms with Crippen molar-refractivity contribution in [1.82, 2.24) is 5.32 Å². The third-order valence-electron chi connectivity index (χ3n) is 4.07. The Balaban J connectivity index is 1.76. The Hall–Kier alpha value is -2.88. The second-order valence-corrected chi connectivity index (χ2v) is 5.71. The third kappa shape index (κ3) is 3.54. The molecule has 4 heteroatoms. The summed E-state index contributed by atoms with van der Waals surface area (Å²) in [5.74, 6) is 1.27. The molecule has 1 heterocycles. The lowest BCUT2D eigenvalue weighted by Crippen LogP contribution is -2.24. The molecule has 1 amide bonds. The van der Waals surface area contributed by atoms with Crippen LogP contribution in [0.5, 0.6) is 5.75 Å². The fraction of sp³-hybridized carbons (Fsp3) is 0.200. The normalized spacial score (nSPS) is 15.3. The van der Waals surface area contributed by atoms with Gasteiger partial charge in [0.25, 0.3) is 5.91 Å².